The van der Waals surface area contributed by atoms with Crippen molar-refractivity contribution in [1.29, 1.82) is 0 Å². The lowest BCUT2D eigenvalue weighted by atomic mass is 9.67. The van der Waals surface area contributed by atoms with Crippen molar-refractivity contribution < 1.29 is 22.7 Å². The van der Waals surface area contributed by atoms with E-state index < -0.39 is 15.9 Å². The number of hydrogen-bond donors (Lipinski definition) is 1. The van der Waals surface area contributed by atoms with E-state index in [9.17, 15) is 18.0 Å². The maximum absolute atomic E-state index is 13.2. The quantitative estimate of drug-likeness (QED) is 0.460. The zero-order valence-electron chi connectivity index (χ0n) is 25.1. The Morgan fingerprint density at radius 1 is 1.09 bits per heavy atom. The Morgan fingerprint density at radius 3 is 2.70 bits per heavy atom. The van der Waals surface area contributed by atoms with E-state index in [1.54, 1.807) is 19.1 Å². The molecule has 2 heterocycles. The van der Waals surface area contributed by atoms with E-state index >= 15 is 0 Å². The van der Waals surface area contributed by atoms with Gasteiger partial charge in [0.05, 0.1) is 18.0 Å². The number of hydrogen-bond acceptors (Lipinski definition) is 6. The van der Waals surface area contributed by atoms with Crippen molar-refractivity contribution in [3.8, 4) is 5.75 Å². The van der Waals surface area contributed by atoms with Gasteiger partial charge in [-0.3, -0.25) is 9.59 Å². The van der Waals surface area contributed by atoms with E-state index in [-0.39, 0.29) is 23.1 Å². The molecule has 1 N–H and O–H groups in total. The summed E-state index contributed by atoms with van der Waals surface area (Å²) in [5, 5.41) is 0.738. The Labute approximate surface area is 260 Å². The first-order valence-corrected chi connectivity index (χ1v) is 17.7. The van der Waals surface area contributed by atoms with Crippen LogP contribution in [0, 0.1) is 11.8 Å². The summed E-state index contributed by atoms with van der Waals surface area (Å²) in [5.41, 5.74) is 3.40. The van der Waals surface area contributed by atoms with E-state index in [0.29, 0.717) is 42.7 Å². The van der Waals surface area contributed by atoms with Gasteiger partial charge in [0.15, 0.2) is 0 Å². The molecule has 10 heteroatoms. The highest BCUT2D eigenvalue weighted by atomic mass is 35.5. The average Bonchev–Trinajstić information content (AvgIpc) is 3.10. The lowest BCUT2D eigenvalue weighted by Gasteiger charge is -2.48. The van der Waals surface area contributed by atoms with Crippen LogP contribution in [0.1, 0.15) is 79.8 Å². The molecule has 1 spiro atoms. The number of ether oxygens (including phenoxy) is 1. The van der Waals surface area contributed by atoms with Crippen molar-refractivity contribution in [1.82, 2.24) is 9.62 Å². The van der Waals surface area contributed by atoms with Crippen LogP contribution in [0.5, 0.6) is 5.75 Å². The van der Waals surface area contributed by atoms with Crippen molar-refractivity contribution in [3.63, 3.8) is 0 Å². The molecule has 2 aromatic carbocycles. The third-order valence-corrected chi connectivity index (χ3v) is 11.9. The summed E-state index contributed by atoms with van der Waals surface area (Å²) in [4.78, 5) is 30.0. The van der Waals surface area contributed by atoms with Gasteiger partial charge in [0, 0.05) is 49.1 Å². The van der Waals surface area contributed by atoms with Crippen LogP contribution in [-0.4, -0.2) is 63.7 Å². The molecule has 1 fully saturated rings. The molecular formula is C33H42ClN3O5S. The van der Waals surface area contributed by atoms with Gasteiger partial charge in [-0.1, -0.05) is 30.5 Å². The molecule has 4 aliphatic rings. The second kappa shape index (κ2) is 12.0. The highest BCUT2D eigenvalue weighted by molar-refractivity contribution is 7.90. The number of nitrogens with zero attached hydrogens (tertiary/aromatic N) is 2. The molecule has 2 amide bonds. The van der Waals surface area contributed by atoms with Gasteiger partial charge < -0.3 is 14.5 Å². The Morgan fingerprint density at radius 2 is 1.93 bits per heavy atom. The highest BCUT2D eigenvalue weighted by Crippen LogP contribution is 2.47. The molecule has 2 aliphatic heterocycles. The normalized spacial score (nSPS) is 28.8. The first-order chi connectivity index (χ1) is 20.6. The fraction of sp³-hybridized carbons (Fsp3) is 0.576. The predicted molar refractivity (Wildman–Crippen MR) is 168 cm³/mol. The van der Waals surface area contributed by atoms with Crippen LogP contribution in [0.4, 0.5) is 5.69 Å². The molecule has 2 aromatic rings. The minimum atomic E-state index is -3.78. The first-order valence-electron chi connectivity index (χ1n) is 15.6. The smallest absolute Gasteiger partial charge is 0.264 e. The van der Waals surface area contributed by atoms with E-state index in [1.165, 1.54) is 11.1 Å². The molecular weight excluding hydrogens is 586 g/mol. The standard InChI is InChI=1S/C33H42ClN3O5S/c1-22(38)36(2)29-8-4-3-5-16-43(40,41)35-32(39)24-10-14-31-30(18-24)37(19-25-9-12-27(25)29)20-33(21-42-31)15-6-7-23-17-26(34)11-13-28(23)33/h10-11,13-14,17-18,25,27,29H,3-9,12,15-16,19-21H2,1-2H3,(H,35,39)/t25-,27+,29-,33-/m0/s1. The summed E-state index contributed by atoms with van der Waals surface area (Å²) in [6.07, 6.45) is 7.99. The van der Waals surface area contributed by atoms with Crippen molar-refractivity contribution in [2.75, 3.05) is 37.4 Å². The van der Waals surface area contributed by atoms with Gasteiger partial charge in [-0.25, -0.2) is 13.1 Å². The molecule has 2 aliphatic carbocycles. The van der Waals surface area contributed by atoms with E-state index in [0.717, 1.165) is 68.6 Å². The summed E-state index contributed by atoms with van der Waals surface area (Å²) >= 11 is 6.41. The molecule has 0 aromatic heterocycles. The third-order valence-electron chi connectivity index (χ3n) is 10.4. The molecule has 8 nitrogen and oxygen atoms in total. The van der Waals surface area contributed by atoms with Crippen molar-refractivity contribution >= 4 is 39.1 Å². The zero-order valence-corrected chi connectivity index (χ0v) is 26.7. The topological polar surface area (TPSA) is 96.0 Å². The number of halogens is 1. The van der Waals surface area contributed by atoms with Crippen LogP contribution < -0.4 is 14.4 Å². The van der Waals surface area contributed by atoms with Crippen LogP contribution in [0.15, 0.2) is 36.4 Å². The predicted octanol–water partition coefficient (Wildman–Crippen LogP) is 5.32. The molecule has 1 saturated carbocycles. The van der Waals surface area contributed by atoms with Crippen LogP contribution in [-0.2, 0) is 26.7 Å². The van der Waals surface area contributed by atoms with Crippen LogP contribution in [0.25, 0.3) is 0 Å². The molecule has 6 rings (SSSR count). The molecule has 43 heavy (non-hydrogen) atoms. The third kappa shape index (κ3) is 6.12. The number of nitrogens with one attached hydrogen (secondary N) is 1. The lowest BCUT2D eigenvalue weighted by molar-refractivity contribution is -0.132. The number of anilines is 1. The monoisotopic (exact) mass is 627 g/mol. The van der Waals surface area contributed by atoms with Gasteiger partial charge in [-0.2, -0.15) is 0 Å². The van der Waals surface area contributed by atoms with Crippen molar-refractivity contribution in [3.05, 3.63) is 58.1 Å². The van der Waals surface area contributed by atoms with Crippen LogP contribution in [0.3, 0.4) is 0 Å². The Kier molecular flexibility index (Phi) is 8.41. The highest BCUT2D eigenvalue weighted by Gasteiger charge is 2.45. The Hall–Kier alpha value is -2.78. The SMILES string of the molecule is CC(=O)N(C)[C@H]1CCCCCS(=O)(=O)NC(=O)c2ccc3c(c2)N(C[C@@H]2CC[C@H]21)C[C@@]1(CCCc2cc(Cl)ccc21)CO3. The summed E-state index contributed by atoms with van der Waals surface area (Å²) < 4.78 is 34.5. The molecule has 2 bridgehead atoms. The number of carbonyl (C=O) groups excluding carboxylic acids is 2. The number of fused-ring (bicyclic) bond motifs is 4. The molecule has 0 radical (unpaired) electrons. The molecule has 0 unspecified atom stereocenters. The lowest BCUT2D eigenvalue weighted by Crippen LogP contribution is -2.52. The molecule has 0 saturated heterocycles. The van der Waals surface area contributed by atoms with Gasteiger partial charge in [-0.05, 0) is 98.2 Å². The van der Waals surface area contributed by atoms with Gasteiger partial charge >= 0.3 is 0 Å². The Balaban J connectivity index is 1.42. The number of aryl methyl sites for hydroxylation is 1. The zero-order chi connectivity index (χ0) is 30.4. The first kappa shape index (κ1) is 30.3. The van der Waals surface area contributed by atoms with Gasteiger partial charge in [-0.15, -0.1) is 0 Å². The van der Waals surface area contributed by atoms with Crippen molar-refractivity contribution in [2.45, 2.75) is 76.2 Å². The van der Waals surface area contributed by atoms with Crippen molar-refractivity contribution in [2.24, 2.45) is 11.8 Å². The number of sulfonamides is 1. The number of carbonyl (C=O) groups is 2. The number of amides is 2. The fourth-order valence-corrected chi connectivity index (χ4v) is 9.15. The van der Waals surface area contributed by atoms with Crippen LogP contribution >= 0.6 is 11.6 Å². The number of rotatable bonds is 1. The average molecular weight is 628 g/mol. The largest absolute Gasteiger partial charge is 0.490 e. The van der Waals surface area contributed by atoms with Gasteiger partial charge in [0.2, 0.25) is 15.9 Å². The maximum atomic E-state index is 13.2. The fourth-order valence-electron chi connectivity index (χ4n) is 7.87. The van der Waals surface area contributed by atoms with Gasteiger partial charge in [0.1, 0.15) is 5.75 Å². The van der Waals surface area contributed by atoms with E-state index in [2.05, 4.69) is 21.8 Å². The minimum absolute atomic E-state index is 0.0601. The summed E-state index contributed by atoms with van der Waals surface area (Å²) in [6.45, 7) is 3.63. The molecule has 4 atom stereocenters. The summed E-state index contributed by atoms with van der Waals surface area (Å²) in [7, 11) is -1.88. The minimum Gasteiger partial charge on any atom is -0.490 e. The van der Waals surface area contributed by atoms with Gasteiger partial charge in [0.25, 0.3) is 5.91 Å². The van der Waals surface area contributed by atoms with E-state index in [4.69, 9.17) is 16.3 Å². The summed E-state index contributed by atoms with van der Waals surface area (Å²) in [6, 6.07) is 11.6. The summed E-state index contributed by atoms with van der Waals surface area (Å²) in [5.74, 6) is 0.782. The van der Waals surface area contributed by atoms with Crippen LogP contribution in [0.2, 0.25) is 5.02 Å². The molecule has 232 valence electrons. The Bertz CT molecular complexity index is 1510. The second-order valence-corrected chi connectivity index (χ2v) is 15.4. The number of benzene rings is 2. The second-order valence-electron chi connectivity index (χ2n) is 13.1. The van der Waals surface area contributed by atoms with E-state index in [1.807, 2.05) is 24.1 Å². The maximum Gasteiger partial charge on any atom is 0.264 e.